The van der Waals surface area contributed by atoms with Gasteiger partial charge in [0.2, 0.25) is 0 Å². The first kappa shape index (κ1) is 34.5. The van der Waals surface area contributed by atoms with Crippen LogP contribution in [0.25, 0.3) is 12.2 Å². The molecule has 0 aromatic carbocycles. The van der Waals surface area contributed by atoms with E-state index >= 15 is 0 Å². The highest BCUT2D eigenvalue weighted by atomic mass is 16.4. The molecule has 0 amide bonds. The van der Waals surface area contributed by atoms with Gasteiger partial charge in [0.1, 0.15) is 12.2 Å². The van der Waals surface area contributed by atoms with Gasteiger partial charge < -0.3 is 41.3 Å². The van der Waals surface area contributed by atoms with E-state index in [9.17, 15) is 9.59 Å². The number of carboxylic acid groups (broad SMARTS) is 2. The Balaban J connectivity index is 0.000000542. The molecule has 0 saturated carbocycles. The second-order valence-electron chi connectivity index (χ2n) is 7.71. The second-order valence-corrected chi connectivity index (χ2v) is 7.71. The minimum absolute atomic E-state index is 1.02. The van der Waals surface area contributed by atoms with Gasteiger partial charge in [0.05, 0.1) is 0 Å². The van der Waals surface area contributed by atoms with Crippen LogP contribution >= 0.6 is 0 Å². The summed E-state index contributed by atoms with van der Waals surface area (Å²) >= 11 is 0. The Kier molecular flexibility index (Phi) is 19.6. The average molecular weight is 535 g/mol. The first-order valence-corrected chi connectivity index (χ1v) is 11.8. The molecule has 0 radical (unpaired) electrons. The number of nitrogens with zero attached hydrogens (tertiary/aromatic N) is 2. The number of carbonyl (C=O) groups is 2. The molecule has 210 valence electrons. The molecule has 2 rings (SSSR count). The molecule has 0 aliphatic carbocycles. The lowest BCUT2D eigenvalue weighted by Gasteiger charge is -2.21. The smallest absolute Gasteiger partial charge is 0.335 e. The number of aliphatic hydroxyl groups excluding tert-OH is 4. The largest absolute Gasteiger partial charge is 0.479 e. The Bertz CT molecular complexity index is 867. The van der Waals surface area contributed by atoms with Crippen molar-refractivity contribution in [2.24, 2.45) is 0 Å². The van der Waals surface area contributed by atoms with Gasteiger partial charge in [-0.05, 0) is 63.3 Å². The van der Waals surface area contributed by atoms with Crippen LogP contribution in [0.5, 0.6) is 0 Å². The number of aliphatic hydroxyl groups is 4. The number of carboxylic acids is 2. The molecule has 12 nitrogen and oxygen atoms in total. The Morgan fingerprint density at radius 1 is 0.763 bits per heavy atom. The highest BCUT2D eigenvalue weighted by molar-refractivity contribution is 5.75. The summed E-state index contributed by atoms with van der Waals surface area (Å²) in [7, 11) is 3.91. The van der Waals surface area contributed by atoms with Crippen LogP contribution in [-0.4, -0.2) is 104 Å². The fourth-order valence-electron chi connectivity index (χ4n) is 2.51. The topological polar surface area (TPSA) is 205 Å². The summed E-state index contributed by atoms with van der Waals surface area (Å²) in [5.41, 5.74) is 2.32. The van der Waals surface area contributed by atoms with Gasteiger partial charge in [-0.2, -0.15) is 0 Å². The SMILES string of the molecule is CNCC/C=C/c1cccnc1.CNCC/C=C/c1cccnc1.O=C(O)[C@@H](O)[C@H](O)[C@H](O)[C@@H](O)C(=O)O. The Hall–Kier alpha value is -3.52. The van der Waals surface area contributed by atoms with Crippen LogP contribution in [-0.2, 0) is 9.59 Å². The molecule has 12 heteroatoms. The van der Waals surface area contributed by atoms with E-state index in [0.717, 1.165) is 37.1 Å². The Morgan fingerprint density at radius 3 is 1.39 bits per heavy atom. The second kappa shape index (κ2) is 21.6. The van der Waals surface area contributed by atoms with Crippen molar-refractivity contribution in [3.8, 4) is 0 Å². The van der Waals surface area contributed by atoms with Crippen molar-refractivity contribution < 1.29 is 40.2 Å². The van der Waals surface area contributed by atoms with Gasteiger partial charge in [-0.3, -0.25) is 9.97 Å². The quantitative estimate of drug-likeness (QED) is 0.160. The molecule has 8 N–H and O–H groups in total. The van der Waals surface area contributed by atoms with Gasteiger partial charge in [0.25, 0.3) is 0 Å². The first-order valence-electron chi connectivity index (χ1n) is 11.8. The van der Waals surface area contributed by atoms with E-state index in [4.69, 9.17) is 30.6 Å². The van der Waals surface area contributed by atoms with Crippen molar-refractivity contribution in [3.05, 3.63) is 72.3 Å². The number of aromatic nitrogens is 2. The van der Waals surface area contributed by atoms with Crippen LogP contribution in [0.15, 0.2) is 61.2 Å². The van der Waals surface area contributed by atoms with Crippen LogP contribution < -0.4 is 10.6 Å². The third kappa shape index (κ3) is 16.3. The van der Waals surface area contributed by atoms with Gasteiger partial charge in [-0.25, -0.2) is 9.59 Å². The molecule has 2 heterocycles. The number of pyridine rings is 2. The molecule has 0 saturated heterocycles. The van der Waals surface area contributed by atoms with Crippen molar-refractivity contribution in [1.82, 2.24) is 20.6 Å². The summed E-state index contributed by atoms with van der Waals surface area (Å²) in [6, 6.07) is 7.97. The normalized spacial score (nSPS) is 13.9. The van der Waals surface area contributed by atoms with Gasteiger partial charge in [0.15, 0.2) is 12.2 Å². The van der Waals surface area contributed by atoms with E-state index in [2.05, 4.69) is 44.9 Å². The summed E-state index contributed by atoms with van der Waals surface area (Å²) in [4.78, 5) is 28.2. The fourth-order valence-corrected chi connectivity index (χ4v) is 2.51. The zero-order valence-corrected chi connectivity index (χ0v) is 21.5. The van der Waals surface area contributed by atoms with Gasteiger partial charge >= 0.3 is 11.9 Å². The molecule has 0 bridgehead atoms. The van der Waals surface area contributed by atoms with E-state index in [0.29, 0.717) is 0 Å². The lowest BCUT2D eigenvalue weighted by molar-refractivity contribution is -0.172. The van der Waals surface area contributed by atoms with E-state index in [1.54, 1.807) is 12.4 Å². The van der Waals surface area contributed by atoms with Crippen molar-refractivity contribution in [2.75, 3.05) is 27.2 Å². The number of aliphatic carboxylic acids is 2. The summed E-state index contributed by atoms with van der Waals surface area (Å²) in [5, 5.41) is 57.6. The Morgan fingerprint density at radius 2 is 1.13 bits per heavy atom. The molecule has 0 unspecified atom stereocenters. The molecule has 0 spiro atoms. The molecule has 2 aromatic rings. The molecule has 0 fully saturated rings. The van der Waals surface area contributed by atoms with Gasteiger partial charge in [0, 0.05) is 24.8 Å². The van der Waals surface area contributed by atoms with Gasteiger partial charge in [-0.1, -0.05) is 36.4 Å². The average Bonchev–Trinajstić information content (AvgIpc) is 2.93. The van der Waals surface area contributed by atoms with E-state index in [1.807, 2.05) is 50.8 Å². The summed E-state index contributed by atoms with van der Waals surface area (Å²) < 4.78 is 0. The zero-order chi connectivity index (χ0) is 28.8. The van der Waals surface area contributed by atoms with Crippen molar-refractivity contribution in [1.29, 1.82) is 0 Å². The molecule has 0 aliphatic rings. The van der Waals surface area contributed by atoms with Crippen LogP contribution in [0.2, 0.25) is 0 Å². The van der Waals surface area contributed by atoms with Crippen LogP contribution in [0.1, 0.15) is 24.0 Å². The lowest BCUT2D eigenvalue weighted by atomic mass is 10.0. The predicted octanol–water partition coefficient (Wildman–Crippen LogP) is 0.00780. The Labute approximate surface area is 222 Å². The maximum Gasteiger partial charge on any atom is 0.335 e. The number of hydrogen-bond donors (Lipinski definition) is 8. The van der Waals surface area contributed by atoms with E-state index < -0.39 is 36.4 Å². The standard InChI is InChI=1S/2C10H14N2.C6H10O8/c2*1-11-7-3-2-5-10-6-4-8-12-9-10;7-1(3(9)5(11)12)2(8)4(10)6(13)14/h2*2,4-6,8-9,11H,3,7H2,1H3;1-4,7-10H,(H,11,12)(H,13,14)/b2*5-2+;/t;;1-,2+,3+,4-. The predicted molar refractivity (Wildman–Crippen MR) is 143 cm³/mol. The zero-order valence-electron chi connectivity index (χ0n) is 21.5. The maximum absolute atomic E-state index is 10.1. The first-order chi connectivity index (χ1) is 18.1. The minimum Gasteiger partial charge on any atom is -0.479 e. The molecular formula is C26H38N4O8. The molecule has 4 atom stereocenters. The third-order valence-electron chi connectivity index (χ3n) is 4.61. The number of rotatable bonds is 13. The van der Waals surface area contributed by atoms with E-state index in [-0.39, 0.29) is 0 Å². The van der Waals surface area contributed by atoms with Crippen molar-refractivity contribution >= 4 is 24.1 Å². The summed E-state index contributed by atoms with van der Waals surface area (Å²) in [6.07, 6.45) is 8.59. The van der Waals surface area contributed by atoms with Crippen molar-refractivity contribution in [3.63, 3.8) is 0 Å². The van der Waals surface area contributed by atoms with Gasteiger partial charge in [-0.15, -0.1) is 0 Å². The van der Waals surface area contributed by atoms with Crippen LogP contribution in [0, 0.1) is 0 Å². The minimum atomic E-state index is -2.36. The summed E-state index contributed by atoms with van der Waals surface area (Å²) in [6.45, 7) is 2.05. The third-order valence-corrected chi connectivity index (χ3v) is 4.61. The fraction of sp³-hybridized carbons (Fsp3) is 0.385. The van der Waals surface area contributed by atoms with Crippen LogP contribution in [0.4, 0.5) is 0 Å². The highest BCUT2D eigenvalue weighted by Gasteiger charge is 2.37. The van der Waals surface area contributed by atoms with Crippen LogP contribution in [0.3, 0.4) is 0 Å². The van der Waals surface area contributed by atoms with Crippen molar-refractivity contribution in [2.45, 2.75) is 37.3 Å². The molecule has 0 aliphatic heterocycles. The molecule has 2 aromatic heterocycles. The summed E-state index contributed by atoms with van der Waals surface area (Å²) in [5.74, 6) is -3.68. The monoisotopic (exact) mass is 534 g/mol. The van der Waals surface area contributed by atoms with E-state index in [1.165, 1.54) is 0 Å². The molecular weight excluding hydrogens is 496 g/mol. The lowest BCUT2D eigenvalue weighted by Crippen LogP contribution is -2.49. The number of nitrogens with one attached hydrogen (secondary N) is 2. The highest BCUT2D eigenvalue weighted by Crippen LogP contribution is 2.05. The number of hydrogen-bond acceptors (Lipinski definition) is 10. The maximum atomic E-state index is 10.1. The molecule has 38 heavy (non-hydrogen) atoms.